The van der Waals surface area contributed by atoms with E-state index in [0.29, 0.717) is 6.67 Å². The lowest BCUT2D eigenvalue weighted by molar-refractivity contribution is 0.483. The normalized spacial score (nSPS) is 13.0. The minimum atomic E-state index is 0.00481. The van der Waals surface area contributed by atoms with Gasteiger partial charge in [-0.05, 0) is 149 Å². The molecular weight excluding hydrogens is 781 g/mol. The van der Waals surface area contributed by atoms with Crippen LogP contribution in [-0.4, -0.2) is 16.2 Å². The molecule has 0 saturated carbocycles. The predicted molar refractivity (Wildman–Crippen MR) is 270 cm³/mol. The van der Waals surface area contributed by atoms with Gasteiger partial charge in [0.15, 0.2) is 0 Å². The van der Waals surface area contributed by atoms with Gasteiger partial charge in [-0.1, -0.05) is 120 Å². The Morgan fingerprint density at radius 1 is 0.484 bits per heavy atom. The molecule has 0 fully saturated rings. The maximum absolute atomic E-state index is 6.86. The van der Waals surface area contributed by atoms with E-state index in [9.17, 15) is 0 Å². The average molecular weight is 837 g/mol. The zero-order valence-electron chi connectivity index (χ0n) is 38.5. The maximum Gasteiger partial charge on any atom is 0.138 e. The Hall–Kier alpha value is -7.11. The minimum absolute atomic E-state index is 0.00481. The molecule has 7 aromatic carbocycles. The number of nitrogens with zero attached hydrogens (tertiary/aromatic N) is 4. The highest BCUT2D eigenvalue weighted by Crippen LogP contribution is 2.47. The van der Waals surface area contributed by atoms with Crippen LogP contribution in [0.5, 0.6) is 11.5 Å². The van der Waals surface area contributed by atoms with Gasteiger partial charge in [-0.3, -0.25) is 4.57 Å². The monoisotopic (exact) mass is 836 g/mol. The summed E-state index contributed by atoms with van der Waals surface area (Å²) in [5.74, 6) is 2.40. The molecule has 318 valence electrons. The van der Waals surface area contributed by atoms with Crippen LogP contribution in [-0.2, 0) is 10.8 Å². The lowest BCUT2D eigenvalue weighted by atomic mass is 9.86. The van der Waals surface area contributed by atoms with Gasteiger partial charge in [0.1, 0.15) is 24.0 Å². The van der Waals surface area contributed by atoms with Crippen molar-refractivity contribution < 1.29 is 4.74 Å². The van der Waals surface area contributed by atoms with Crippen molar-refractivity contribution in [1.82, 2.24) is 9.55 Å². The number of anilines is 4. The number of aryl methyl sites for hydroxylation is 3. The lowest BCUT2D eigenvalue weighted by Gasteiger charge is -2.25. The first-order valence-electron chi connectivity index (χ1n) is 22.5. The first-order chi connectivity index (χ1) is 30.7. The second-order valence-electron chi connectivity index (χ2n) is 19.6. The Kier molecular flexibility index (Phi) is 9.98. The van der Waals surface area contributed by atoms with E-state index in [0.717, 1.165) is 45.0 Å². The number of benzene rings is 7. The fourth-order valence-corrected chi connectivity index (χ4v) is 9.61. The van der Waals surface area contributed by atoms with Crippen molar-refractivity contribution in [3.8, 4) is 39.6 Å². The highest BCUT2D eigenvalue weighted by Gasteiger charge is 2.31. The summed E-state index contributed by atoms with van der Waals surface area (Å²) in [6.07, 6.45) is 1.94. The second-order valence-corrected chi connectivity index (χ2v) is 19.6. The van der Waals surface area contributed by atoms with Gasteiger partial charge in [-0.25, -0.2) is 4.98 Å². The van der Waals surface area contributed by atoms with E-state index >= 15 is 0 Å². The van der Waals surface area contributed by atoms with Crippen molar-refractivity contribution in [2.75, 3.05) is 16.5 Å². The van der Waals surface area contributed by atoms with Crippen LogP contribution in [0.25, 0.3) is 49.9 Å². The topological polar surface area (TPSA) is 33.5 Å². The number of fused-ring (bicyclic) bond motifs is 4. The Morgan fingerprint density at radius 2 is 1.17 bits per heavy atom. The van der Waals surface area contributed by atoms with Gasteiger partial charge >= 0.3 is 0 Å². The molecule has 3 heterocycles. The number of pyridine rings is 1. The summed E-state index contributed by atoms with van der Waals surface area (Å²) in [4.78, 5) is 9.89. The van der Waals surface area contributed by atoms with Crippen molar-refractivity contribution in [2.45, 2.75) is 73.1 Å². The van der Waals surface area contributed by atoms with E-state index in [1.807, 2.05) is 6.20 Å². The summed E-state index contributed by atoms with van der Waals surface area (Å²) in [5, 5.41) is 2.31. The Labute approximate surface area is 378 Å². The number of hydrogen-bond acceptors (Lipinski definition) is 4. The van der Waals surface area contributed by atoms with Crippen LogP contribution in [0.4, 0.5) is 22.7 Å². The first kappa shape index (κ1) is 40.9. The smallest absolute Gasteiger partial charge is 0.138 e. The zero-order valence-corrected chi connectivity index (χ0v) is 38.5. The van der Waals surface area contributed by atoms with Gasteiger partial charge in [0, 0.05) is 40.5 Å². The van der Waals surface area contributed by atoms with Crippen LogP contribution in [0.3, 0.4) is 0 Å². The predicted octanol–water partition coefficient (Wildman–Crippen LogP) is 16.1. The first-order valence-corrected chi connectivity index (χ1v) is 22.5. The summed E-state index contributed by atoms with van der Waals surface area (Å²) < 4.78 is 9.15. The van der Waals surface area contributed by atoms with Crippen LogP contribution in [0.2, 0.25) is 0 Å². The number of rotatable bonds is 7. The van der Waals surface area contributed by atoms with Gasteiger partial charge < -0.3 is 14.5 Å². The molecule has 0 saturated heterocycles. The molecule has 2 aromatic heterocycles. The third-order valence-electron chi connectivity index (χ3n) is 12.9. The molecule has 10 rings (SSSR count). The molecule has 0 N–H and O–H groups in total. The molecule has 0 atom stereocenters. The van der Waals surface area contributed by atoms with Gasteiger partial charge in [0.05, 0.1) is 22.4 Å². The SMILES string of the molecule is Cc1cc(C)c(-c2ccnc(-n3c4ccc(-c5ccccc5)cc4c4ccc(Oc5cccc(N6CN(c7cccc(C(C)(C)C)c7)c7ccc(C(C)(C)C)cc76)c5)cc43)c2)c(C)c1. The molecule has 5 nitrogen and oxygen atoms in total. The third kappa shape index (κ3) is 7.49. The Bertz CT molecular complexity index is 3210. The van der Waals surface area contributed by atoms with Gasteiger partial charge in [-0.15, -0.1) is 0 Å². The highest BCUT2D eigenvalue weighted by atomic mass is 16.5. The van der Waals surface area contributed by atoms with E-state index in [-0.39, 0.29) is 10.8 Å². The quantitative estimate of drug-likeness (QED) is 0.160. The Balaban J connectivity index is 1.06. The van der Waals surface area contributed by atoms with Crippen LogP contribution in [0, 0.1) is 20.8 Å². The summed E-state index contributed by atoms with van der Waals surface area (Å²) in [7, 11) is 0. The molecule has 0 bridgehead atoms. The van der Waals surface area contributed by atoms with E-state index in [2.05, 4.69) is 234 Å². The molecule has 0 aliphatic carbocycles. The highest BCUT2D eigenvalue weighted by molar-refractivity contribution is 6.11. The summed E-state index contributed by atoms with van der Waals surface area (Å²) in [6, 6.07) is 57.2. The van der Waals surface area contributed by atoms with Crippen molar-refractivity contribution in [1.29, 1.82) is 0 Å². The van der Waals surface area contributed by atoms with Crippen molar-refractivity contribution in [2.24, 2.45) is 0 Å². The standard InChI is InChI=1S/C59H56N4O/c1-38-29-39(2)57(40(3)30-38)43-27-28-60-56(32-43)63-52-25-21-42(41-15-11-10-12-16-41)31-51(52)50-24-23-49(36-54(50)63)64-48-20-14-19-47(35-48)62-37-61(46-18-13-17-44(33-46)58(4,5)6)53-26-22-45(34-55(53)62)59(7,8)9/h10-36H,37H2,1-9H3. The summed E-state index contributed by atoms with van der Waals surface area (Å²) >= 11 is 0. The van der Waals surface area contributed by atoms with Crippen LogP contribution < -0.4 is 14.5 Å². The maximum atomic E-state index is 6.86. The largest absolute Gasteiger partial charge is 0.457 e. The molecule has 9 aromatic rings. The van der Waals surface area contributed by atoms with Gasteiger partial charge in [0.25, 0.3) is 0 Å². The van der Waals surface area contributed by atoms with Gasteiger partial charge in [-0.2, -0.15) is 0 Å². The lowest BCUT2D eigenvalue weighted by Crippen LogP contribution is -2.24. The van der Waals surface area contributed by atoms with Crippen molar-refractivity contribution in [3.05, 3.63) is 192 Å². The molecule has 0 unspecified atom stereocenters. The van der Waals surface area contributed by atoms with Crippen LogP contribution >= 0.6 is 0 Å². The van der Waals surface area contributed by atoms with Crippen molar-refractivity contribution >= 4 is 44.6 Å². The summed E-state index contributed by atoms with van der Waals surface area (Å²) in [6.45, 7) is 20.9. The minimum Gasteiger partial charge on any atom is -0.457 e. The van der Waals surface area contributed by atoms with Crippen LogP contribution in [0.1, 0.15) is 69.4 Å². The number of hydrogen-bond donors (Lipinski definition) is 0. The third-order valence-corrected chi connectivity index (χ3v) is 12.9. The summed E-state index contributed by atoms with van der Waals surface area (Å²) in [5.41, 5.74) is 18.0. The second kappa shape index (κ2) is 15.6. The molecule has 1 aliphatic heterocycles. The fourth-order valence-electron chi connectivity index (χ4n) is 9.61. The van der Waals surface area contributed by atoms with E-state index < -0.39 is 0 Å². The van der Waals surface area contributed by atoms with E-state index in [1.165, 1.54) is 67.0 Å². The zero-order chi connectivity index (χ0) is 44.5. The average Bonchev–Trinajstić information content (AvgIpc) is 3.81. The fraction of sp³-hybridized carbons (Fsp3) is 0.203. The van der Waals surface area contributed by atoms with E-state index in [1.54, 1.807) is 0 Å². The molecule has 0 radical (unpaired) electrons. The van der Waals surface area contributed by atoms with E-state index in [4.69, 9.17) is 9.72 Å². The number of ether oxygens (including phenoxy) is 1. The molecular formula is C59H56N4O. The number of aromatic nitrogens is 2. The van der Waals surface area contributed by atoms with Crippen molar-refractivity contribution in [3.63, 3.8) is 0 Å². The Morgan fingerprint density at radius 3 is 1.92 bits per heavy atom. The van der Waals surface area contributed by atoms with Gasteiger partial charge in [0.2, 0.25) is 0 Å². The van der Waals surface area contributed by atoms with Crippen LogP contribution in [0.15, 0.2) is 164 Å². The molecule has 1 aliphatic rings. The molecule has 0 spiro atoms. The molecule has 5 heteroatoms. The molecule has 64 heavy (non-hydrogen) atoms. The molecule has 0 amide bonds.